The summed E-state index contributed by atoms with van der Waals surface area (Å²) in [5.41, 5.74) is 1.27. The van der Waals surface area contributed by atoms with Crippen LogP contribution in [0.2, 0.25) is 0 Å². The Kier molecular flexibility index (Phi) is 4.58. The zero-order chi connectivity index (χ0) is 13.7. The fraction of sp³-hybridized carbons (Fsp3) is 0.400. The van der Waals surface area contributed by atoms with Crippen molar-refractivity contribution in [2.24, 2.45) is 0 Å². The molecule has 0 spiro atoms. The lowest BCUT2D eigenvalue weighted by atomic mass is 10.1. The van der Waals surface area contributed by atoms with Crippen LogP contribution in [0, 0.1) is 6.92 Å². The molecule has 0 saturated carbocycles. The van der Waals surface area contributed by atoms with Gasteiger partial charge in [0, 0.05) is 31.5 Å². The summed E-state index contributed by atoms with van der Waals surface area (Å²) in [5, 5.41) is 3.51. The van der Waals surface area contributed by atoms with Gasteiger partial charge in [-0.15, -0.1) is 0 Å². The van der Waals surface area contributed by atoms with Crippen LogP contribution < -0.4 is 10.1 Å². The van der Waals surface area contributed by atoms with Crippen molar-refractivity contribution in [1.82, 2.24) is 14.9 Å². The highest BCUT2D eigenvalue weighted by molar-refractivity contribution is 5.28. The maximum atomic E-state index is 5.16. The first-order chi connectivity index (χ1) is 9.20. The molecule has 0 unspecified atom stereocenters. The molecule has 1 heterocycles. The van der Waals surface area contributed by atoms with E-state index in [0.717, 1.165) is 24.7 Å². The van der Waals surface area contributed by atoms with Gasteiger partial charge in [0.15, 0.2) is 0 Å². The maximum Gasteiger partial charge on any atom is 0.118 e. The number of methoxy groups -OCH3 is 1. The number of nitrogens with zero attached hydrogens (tertiary/aromatic N) is 2. The number of aryl methyl sites for hydroxylation is 1. The lowest BCUT2D eigenvalue weighted by Gasteiger charge is -2.15. The molecule has 0 fully saturated rings. The highest BCUT2D eigenvalue weighted by Gasteiger charge is 2.05. The Labute approximate surface area is 114 Å². The van der Waals surface area contributed by atoms with Crippen molar-refractivity contribution in [3.63, 3.8) is 0 Å². The van der Waals surface area contributed by atoms with Crippen LogP contribution in [0.25, 0.3) is 0 Å². The molecule has 102 valence electrons. The van der Waals surface area contributed by atoms with Gasteiger partial charge in [-0.1, -0.05) is 12.1 Å². The van der Waals surface area contributed by atoms with E-state index in [1.165, 1.54) is 5.56 Å². The first kappa shape index (κ1) is 13.6. The van der Waals surface area contributed by atoms with E-state index in [9.17, 15) is 0 Å². The Morgan fingerprint density at radius 2 is 2.05 bits per heavy atom. The number of aromatic nitrogens is 2. The normalized spacial score (nSPS) is 12.4. The molecule has 1 aromatic heterocycles. The number of hydrogen-bond acceptors (Lipinski definition) is 3. The van der Waals surface area contributed by atoms with Gasteiger partial charge >= 0.3 is 0 Å². The van der Waals surface area contributed by atoms with Crippen molar-refractivity contribution < 1.29 is 4.74 Å². The number of imidazole rings is 1. The second-order valence-electron chi connectivity index (χ2n) is 4.62. The molecule has 1 atom stereocenters. The largest absolute Gasteiger partial charge is 0.497 e. The molecule has 0 aliphatic rings. The molecular formula is C15H21N3O. The summed E-state index contributed by atoms with van der Waals surface area (Å²) in [7, 11) is 1.68. The van der Waals surface area contributed by atoms with Crippen molar-refractivity contribution in [3.05, 3.63) is 48.0 Å². The van der Waals surface area contributed by atoms with Gasteiger partial charge in [0.1, 0.15) is 11.6 Å². The molecule has 2 aromatic rings. The zero-order valence-corrected chi connectivity index (χ0v) is 11.8. The van der Waals surface area contributed by atoms with Crippen molar-refractivity contribution in [2.45, 2.75) is 26.4 Å². The Hall–Kier alpha value is -1.81. The van der Waals surface area contributed by atoms with Gasteiger partial charge in [0.25, 0.3) is 0 Å². The SMILES string of the molecule is COc1ccc([C@@H](C)NCCn2ccnc2C)cc1. The summed E-state index contributed by atoms with van der Waals surface area (Å²) < 4.78 is 7.31. The Bertz CT molecular complexity index is 504. The molecule has 19 heavy (non-hydrogen) atoms. The molecule has 4 heteroatoms. The minimum absolute atomic E-state index is 0.328. The summed E-state index contributed by atoms with van der Waals surface area (Å²) in [6.45, 7) is 6.05. The van der Waals surface area contributed by atoms with Crippen molar-refractivity contribution in [3.8, 4) is 5.75 Å². The number of rotatable bonds is 6. The molecule has 0 aliphatic carbocycles. The van der Waals surface area contributed by atoms with Crippen LogP contribution >= 0.6 is 0 Å². The van der Waals surface area contributed by atoms with E-state index >= 15 is 0 Å². The summed E-state index contributed by atoms with van der Waals surface area (Å²) in [4.78, 5) is 4.21. The van der Waals surface area contributed by atoms with Gasteiger partial charge in [-0.05, 0) is 31.5 Å². The summed E-state index contributed by atoms with van der Waals surface area (Å²) in [5.74, 6) is 1.95. The van der Waals surface area contributed by atoms with Gasteiger partial charge < -0.3 is 14.6 Å². The Morgan fingerprint density at radius 1 is 1.32 bits per heavy atom. The molecule has 0 aliphatic heterocycles. The summed E-state index contributed by atoms with van der Waals surface area (Å²) in [6.07, 6.45) is 3.84. The van der Waals surface area contributed by atoms with Crippen molar-refractivity contribution in [2.75, 3.05) is 13.7 Å². The summed E-state index contributed by atoms with van der Waals surface area (Å²) >= 11 is 0. The number of ether oxygens (including phenoxy) is 1. The maximum absolute atomic E-state index is 5.16. The Morgan fingerprint density at radius 3 is 2.63 bits per heavy atom. The molecule has 0 bridgehead atoms. The lowest BCUT2D eigenvalue weighted by molar-refractivity contribution is 0.414. The molecular weight excluding hydrogens is 238 g/mol. The van der Waals surface area contributed by atoms with Crippen LogP contribution in [-0.2, 0) is 6.54 Å². The fourth-order valence-corrected chi connectivity index (χ4v) is 2.05. The quantitative estimate of drug-likeness (QED) is 0.866. The fourth-order valence-electron chi connectivity index (χ4n) is 2.05. The number of nitrogens with one attached hydrogen (secondary N) is 1. The van der Waals surface area contributed by atoms with E-state index in [4.69, 9.17) is 4.74 Å². The van der Waals surface area contributed by atoms with Crippen LogP contribution in [0.4, 0.5) is 0 Å². The molecule has 1 N–H and O–H groups in total. The van der Waals surface area contributed by atoms with Crippen LogP contribution in [0.15, 0.2) is 36.7 Å². The molecule has 2 rings (SSSR count). The van der Waals surface area contributed by atoms with Gasteiger partial charge in [0.05, 0.1) is 7.11 Å². The van der Waals surface area contributed by atoms with Crippen molar-refractivity contribution >= 4 is 0 Å². The summed E-state index contributed by atoms with van der Waals surface area (Å²) in [6, 6.07) is 8.51. The number of benzene rings is 1. The van der Waals surface area contributed by atoms with E-state index < -0.39 is 0 Å². The van der Waals surface area contributed by atoms with Gasteiger partial charge in [-0.3, -0.25) is 0 Å². The van der Waals surface area contributed by atoms with Crippen molar-refractivity contribution in [1.29, 1.82) is 0 Å². The lowest BCUT2D eigenvalue weighted by Crippen LogP contribution is -2.23. The standard InChI is InChI=1S/C15H21N3O/c1-12(14-4-6-15(19-3)7-5-14)16-8-10-18-11-9-17-13(18)2/h4-7,9,11-12,16H,8,10H2,1-3H3/t12-/m1/s1. The molecule has 1 aromatic carbocycles. The monoisotopic (exact) mass is 259 g/mol. The predicted molar refractivity (Wildman–Crippen MR) is 76.4 cm³/mol. The Balaban J connectivity index is 1.83. The van der Waals surface area contributed by atoms with Crippen LogP contribution in [0.3, 0.4) is 0 Å². The molecule has 0 radical (unpaired) electrons. The number of hydrogen-bond donors (Lipinski definition) is 1. The van der Waals surface area contributed by atoms with Gasteiger partial charge in [-0.25, -0.2) is 4.98 Å². The van der Waals surface area contributed by atoms with E-state index in [-0.39, 0.29) is 0 Å². The molecule has 0 amide bonds. The minimum Gasteiger partial charge on any atom is -0.497 e. The third-order valence-corrected chi connectivity index (χ3v) is 3.34. The van der Waals surface area contributed by atoms with Crippen LogP contribution in [-0.4, -0.2) is 23.2 Å². The van der Waals surface area contributed by atoms with E-state index in [0.29, 0.717) is 6.04 Å². The highest BCUT2D eigenvalue weighted by atomic mass is 16.5. The van der Waals surface area contributed by atoms with Crippen LogP contribution in [0.1, 0.15) is 24.4 Å². The van der Waals surface area contributed by atoms with Crippen LogP contribution in [0.5, 0.6) is 5.75 Å². The van der Waals surface area contributed by atoms with Gasteiger partial charge in [-0.2, -0.15) is 0 Å². The first-order valence-corrected chi connectivity index (χ1v) is 6.56. The van der Waals surface area contributed by atoms with E-state index in [1.54, 1.807) is 7.11 Å². The highest BCUT2D eigenvalue weighted by Crippen LogP contribution is 2.16. The second kappa shape index (κ2) is 6.38. The average Bonchev–Trinajstić information content (AvgIpc) is 2.84. The average molecular weight is 259 g/mol. The third-order valence-electron chi connectivity index (χ3n) is 3.34. The zero-order valence-electron chi connectivity index (χ0n) is 11.8. The smallest absolute Gasteiger partial charge is 0.118 e. The predicted octanol–water partition coefficient (Wildman–Crippen LogP) is 2.55. The van der Waals surface area contributed by atoms with Gasteiger partial charge in [0.2, 0.25) is 0 Å². The topological polar surface area (TPSA) is 39.1 Å². The second-order valence-corrected chi connectivity index (χ2v) is 4.62. The molecule has 0 saturated heterocycles. The minimum atomic E-state index is 0.328. The van der Waals surface area contributed by atoms with E-state index in [2.05, 4.69) is 33.9 Å². The first-order valence-electron chi connectivity index (χ1n) is 6.56. The third kappa shape index (κ3) is 3.58. The van der Waals surface area contributed by atoms with E-state index in [1.807, 2.05) is 31.5 Å². The molecule has 4 nitrogen and oxygen atoms in total.